The molecule has 0 spiro atoms. The molecule has 1 aromatic carbocycles. The summed E-state index contributed by atoms with van der Waals surface area (Å²) in [7, 11) is 0. The Morgan fingerprint density at radius 1 is 1.24 bits per heavy atom. The number of H-pyrrole nitrogens is 1. The average Bonchev–Trinajstić information content (AvgIpc) is 2.45. The van der Waals surface area contributed by atoms with Crippen LogP contribution >= 0.6 is 0 Å². The fourth-order valence-electron chi connectivity index (χ4n) is 2.17. The van der Waals surface area contributed by atoms with Gasteiger partial charge < -0.3 is 10.3 Å². The number of hydrogen-bond acceptors (Lipinski definition) is 3. The van der Waals surface area contributed by atoms with Crippen LogP contribution in [0.3, 0.4) is 0 Å². The number of amides is 1. The topological polar surface area (TPSA) is 74.8 Å². The third kappa shape index (κ3) is 4.27. The molecule has 5 nitrogen and oxygen atoms in total. The number of rotatable bonds is 5. The van der Waals surface area contributed by atoms with E-state index in [0.717, 1.165) is 5.56 Å². The summed E-state index contributed by atoms with van der Waals surface area (Å²) in [4.78, 5) is 30.5. The standard InChI is InChI=1S/C16H19N3O2/c1-11-14(16(21)19-12(2)18-11)8-9-15(20)17-10-13-6-4-3-5-7-13/h3-7H,8-10H2,1-2H3,(H,17,20)(H,18,19,21). The van der Waals surface area contributed by atoms with Gasteiger partial charge in [-0.3, -0.25) is 9.59 Å². The summed E-state index contributed by atoms with van der Waals surface area (Å²) in [6, 6.07) is 9.72. The molecule has 0 fully saturated rings. The highest BCUT2D eigenvalue weighted by molar-refractivity contribution is 5.76. The number of benzene rings is 1. The number of aromatic amines is 1. The summed E-state index contributed by atoms with van der Waals surface area (Å²) < 4.78 is 0. The molecule has 21 heavy (non-hydrogen) atoms. The van der Waals surface area contributed by atoms with E-state index in [0.29, 0.717) is 30.0 Å². The average molecular weight is 285 g/mol. The first-order valence-corrected chi connectivity index (χ1v) is 6.93. The van der Waals surface area contributed by atoms with Crippen molar-refractivity contribution < 1.29 is 4.79 Å². The molecule has 2 rings (SSSR count). The molecule has 0 radical (unpaired) electrons. The second-order valence-corrected chi connectivity index (χ2v) is 4.98. The SMILES string of the molecule is Cc1nc(C)c(CCC(=O)NCc2ccccc2)c(=O)[nH]1. The lowest BCUT2D eigenvalue weighted by Crippen LogP contribution is -2.25. The predicted octanol–water partition coefficient (Wildman–Crippen LogP) is 1.64. The predicted molar refractivity (Wildman–Crippen MR) is 80.9 cm³/mol. The van der Waals surface area contributed by atoms with Crippen molar-refractivity contribution in [2.24, 2.45) is 0 Å². The van der Waals surface area contributed by atoms with Crippen molar-refractivity contribution in [2.45, 2.75) is 33.2 Å². The van der Waals surface area contributed by atoms with Crippen molar-refractivity contribution in [3.63, 3.8) is 0 Å². The van der Waals surface area contributed by atoms with E-state index in [4.69, 9.17) is 0 Å². The van der Waals surface area contributed by atoms with Crippen LogP contribution in [0.2, 0.25) is 0 Å². The van der Waals surface area contributed by atoms with Gasteiger partial charge in [-0.05, 0) is 25.8 Å². The van der Waals surface area contributed by atoms with E-state index >= 15 is 0 Å². The van der Waals surface area contributed by atoms with Crippen molar-refractivity contribution in [2.75, 3.05) is 0 Å². The van der Waals surface area contributed by atoms with Crippen LogP contribution in [0.25, 0.3) is 0 Å². The molecule has 0 saturated heterocycles. The van der Waals surface area contributed by atoms with Crippen LogP contribution in [0.15, 0.2) is 35.1 Å². The normalized spacial score (nSPS) is 10.4. The highest BCUT2D eigenvalue weighted by Crippen LogP contribution is 2.03. The summed E-state index contributed by atoms with van der Waals surface area (Å²) in [5.74, 6) is 0.521. The summed E-state index contributed by atoms with van der Waals surface area (Å²) in [5.41, 5.74) is 2.16. The Bertz CT molecular complexity index is 678. The number of aromatic nitrogens is 2. The van der Waals surface area contributed by atoms with Crippen molar-refractivity contribution in [1.82, 2.24) is 15.3 Å². The highest BCUT2D eigenvalue weighted by atomic mass is 16.1. The molecule has 110 valence electrons. The van der Waals surface area contributed by atoms with Gasteiger partial charge in [0, 0.05) is 24.2 Å². The molecule has 0 aliphatic heterocycles. The minimum absolute atomic E-state index is 0.0711. The Kier molecular flexibility index (Phi) is 4.87. The van der Waals surface area contributed by atoms with Gasteiger partial charge in [0.15, 0.2) is 0 Å². The molecule has 5 heteroatoms. The molecular weight excluding hydrogens is 266 g/mol. The molecule has 1 amide bonds. The zero-order valence-corrected chi connectivity index (χ0v) is 12.3. The third-order valence-electron chi connectivity index (χ3n) is 3.28. The first-order chi connectivity index (χ1) is 10.1. The fourth-order valence-corrected chi connectivity index (χ4v) is 2.17. The van der Waals surface area contributed by atoms with Gasteiger partial charge in [-0.2, -0.15) is 0 Å². The van der Waals surface area contributed by atoms with E-state index < -0.39 is 0 Å². The number of carbonyl (C=O) groups is 1. The largest absolute Gasteiger partial charge is 0.352 e. The molecule has 2 N–H and O–H groups in total. The van der Waals surface area contributed by atoms with Gasteiger partial charge in [-0.25, -0.2) is 4.98 Å². The minimum atomic E-state index is -0.157. The monoisotopic (exact) mass is 285 g/mol. The quantitative estimate of drug-likeness (QED) is 0.877. The molecule has 0 bridgehead atoms. The Morgan fingerprint density at radius 2 is 1.95 bits per heavy atom. The van der Waals surface area contributed by atoms with Gasteiger partial charge in [-0.15, -0.1) is 0 Å². The Balaban J connectivity index is 1.89. The van der Waals surface area contributed by atoms with Gasteiger partial charge >= 0.3 is 0 Å². The van der Waals surface area contributed by atoms with E-state index in [1.807, 2.05) is 30.3 Å². The number of nitrogens with zero attached hydrogens (tertiary/aromatic N) is 1. The van der Waals surface area contributed by atoms with E-state index in [9.17, 15) is 9.59 Å². The maximum Gasteiger partial charge on any atom is 0.254 e. The van der Waals surface area contributed by atoms with Gasteiger partial charge in [0.05, 0.1) is 0 Å². The van der Waals surface area contributed by atoms with Crippen LogP contribution in [0.4, 0.5) is 0 Å². The zero-order chi connectivity index (χ0) is 15.2. The van der Waals surface area contributed by atoms with Crippen molar-refractivity contribution in [3.8, 4) is 0 Å². The summed E-state index contributed by atoms with van der Waals surface area (Å²) in [5, 5.41) is 2.85. The molecule has 0 unspecified atom stereocenters. The van der Waals surface area contributed by atoms with E-state index in [2.05, 4.69) is 15.3 Å². The smallest absolute Gasteiger partial charge is 0.254 e. The number of nitrogens with one attached hydrogen (secondary N) is 2. The number of aryl methyl sites for hydroxylation is 2. The molecule has 0 aliphatic rings. The lowest BCUT2D eigenvalue weighted by Gasteiger charge is -2.07. The zero-order valence-electron chi connectivity index (χ0n) is 12.3. The Labute approximate surface area is 123 Å². The van der Waals surface area contributed by atoms with Crippen LogP contribution in [-0.2, 0) is 17.8 Å². The first kappa shape index (κ1) is 15.0. The van der Waals surface area contributed by atoms with Crippen LogP contribution in [-0.4, -0.2) is 15.9 Å². The summed E-state index contributed by atoms with van der Waals surface area (Å²) >= 11 is 0. The molecule has 2 aromatic rings. The molecule has 0 atom stereocenters. The third-order valence-corrected chi connectivity index (χ3v) is 3.28. The van der Waals surface area contributed by atoms with Crippen LogP contribution in [0.1, 0.15) is 29.1 Å². The first-order valence-electron chi connectivity index (χ1n) is 6.93. The molecule has 0 saturated carbocycles. The summed E-state index contributed by atoms with van der Waals surface area (Å²) in [6.07, 6.45) is 0.677. The van der Waals surface area contributed by atoms with E-state index in [1.165, 1.54) is 0 Å². The van der Waals surface area contributed by atoms with Crippen molar-refractivity contribution in [3.05, 3.63) is 63.3 Å². The highest BCUT2D eigenvalue weighted by Gasteiger charge is 2.09. The lowest BCUT2D eigenvalue weighted by molar-refractivity contribution is -0.121. The van der Waals surface area contributed by atoms with E-state index in [-0.39, 0.29) is 17.9 Å². The van der Waals surface area contributed by atoms with Gasteiger partial charge in [-0.1, -0.05) is 30.3 Å². The van der Waals surface area contributed by atoms with Crippen molar-refractivity contribution >= 4 is 5.91 Å². The molecule has 1 heterocycles. The maximum absolute atomic E-state index is 11.8. The van der Waals surface area contributed by atoms with Gasteiger partial charge in [0.25, 0.3) is 5.56 Å². The molecule has 1 aromatic heterocycles. The molecule has 0 aliphatic carbocycles. The number of hydrogen-bond donors (Lipinski definition) is 2. The summed E-state index contributed by atoms with van der Waals surface area (Å²) in [6.45, 7) is 4.03. The van der Waals surface area contributed by atoms with Crippen LogP contribution < -0.4 is 10.9 Å². The van der Waals surface area contributed by atoms with Gasteiger partial charge in [0.2, 0.25) is 5.91 Å². The minimum Gasteiger partial charge on any atom is -0.352 e. The van der Waals surface area contributed by atoms with Crippen LogP contribution in [0.5, 0.6) is 0 Å². The Hall–Kier alpha value is -2.43. The van der Waals surface area contributed by atoms with Crippen LogP contribution in [0, 0.1) is 13.8 Å². The second kappa shape index (κ2) is 6.83. The second-order valence-electron chi connectivity index (χ2n) is 4.98. The number of carbonyl (C=O) groups excluding carboxylic acids is 1. The maximum atomic E-state index is 11.8. The molecular formula is C16H19N3O2. The fraction of sp³-hybridized carbons (Fsp3) is 0.312. The van der Waals surface area contributed by atoms with Gasteiger partial charge in [0.1, 0.15) is 5.82 Å². The van der Waals surface area contributed by atoms with E-state index in [1.54, 1.807) is 13.8 Å². The Morgan fingerprint density at radius 3 is 2.62 bits per heavy atom. The van der Waals surface area contributed by atoms with Crippen molar-refractivity contribution in [1.29, 1.82) is 0 Å². The lowest BCUT2D eigenvalue weighted by atomic mass is 10.1.